The molecule has 96 valence electrons. The molecule has 2 rings (SSSR count). The number of aromatic amines is 1. The first kappa shape index (κ1) is 13.6. The van der Waals surface area contributed by atoms with Crippen molar-refractivity contribution in [1.29, 1.82) is 0 Å². The fourth-order valence-corrected chi connectivity index (χ4v) is 3.57. The lowest BCUT2D eigenvalue weighted by atomic mass is 10.1. The molecule has 0 radical (unpaired) electrons. The molecular weight excluding hydrogens is 362 g/mol. The standard InChI is InChI=1S/C13H13Br2NO2/c1-4-7-6(2)16-11-8(14)5-9(15)13(18-3)10(11)12(7)17/h5H,4H2,1-3H3,(H,16,17). The Morgan fingerprint density at radius 2 is 2.00 bits per heavy atom. The maximum atomic E-state index is 12.5. The third kappa shape index (κ3) is 1.99. The molecule has 18 heavy (non-hydrogen) atoms. The van der Waals surface area contributed by atoms with Gasteiger partial charge in [0.1, 0.15) is 5.75 Å². The summed E-state index contributed by atoms with van der Waals surface area (Å²) in [5.41, 5.74) is 2.50. The van der Waals surface area contributed by atoms with Crippen LogP contribution in [0.3, 0.4) is 0 Å². The molecule has 0 aliphatic rings. The Bertz CT molecular complexity index is 677. The predicted octanol–water partition coefficient (Wildman–Crippen LogP) is 3.93. The van der Waals surface area contributed by atoms with Crippen molar-refractivity contribution >= 4 is 42.8 Å². The van der Waals surface area contributed by atoms with Crippen molar-refractivity contribution in [2.24, 2.45) is 0 Å². The number of benzene rings is 1. The van der Waals surface area contributed by atoms with Gasteiger partial charge in [0.25, 0.3) is 0 Å². The minimum absolute atomic E-state index is 0.0302. The summed E-state index contributed by atoms with van der Waals surface area (Å²) in [6.07, 6.45) is 0.699. The molecule has 0 amide bonds. The van der Waals surface area contributed by atoms with E-state index in [0.29, 0.717) is 17.6 Å². The molecular formula is C13H13Br2NO2. The number of fused-ring (bicyclic) bond motifs is 1. The predicted molar refractivity (Wildman–Crippen MR) is 80.6 cm³/mol. The van der Waals surface area contributed by atoms with Crippen molar-refractivity contribution in [1.82, 2.24) is 4.98 Å². The van der Waals surface area contributed by atoms with Crippen LogP contribution >= 0.6 is 31.9 Å². The summed E-state index contributed by atoms with van der Waals surface area (Å²) in [6.45, 7) is 3.89. The SMILES string of the molecule is CCc1c(C)[nH]c2c(Br)cc(Br)c(OC)c2c1=O. The highest BCUT2D eigenvalue weighted by molar-refractivity contribution is 9.11. The molecule has 1 aromatic heterocycles. The van der Waals surface area contributed by atoms with Crippen LogP contribution in [0.1, 0.15) is 18.2 Å². The summed E-state index contributed by atoms with van der Waals surface area (Å²) < 4.78 is 6.95. The van der Waals surface area contributed by atoms with Crippen molar-refractivity contribution in [3.05, 3.63) is 36.5 Å². The van der Waals surface area contributed by atoms with E-state index in [1.807, 2.05) is 19.9 Å². The summed E-state index contributed by atoms with van der Waals surface area (Å²) in [5, 5.41) is 0.584. The largest absolute Gasteiger partial charge is 0.495 e. The van der Waals surface area contributed by atoms with E-state index in [-0.39, 0.29) is 5.43 Å². The monoisotopic (exact) mass is 373 g/mol. The number of halogens is 2. The zero-order valence-electron chi connectivity index (χ0n) is 10.4. The number of aromatic nitrogens is 1. The van der Waals surface area contributed by atoms with Crippen LogP contribution in [0.15, 0.2) is 19.8 Å². The quantitative estimate of drug-likeness (QED) is 0.865. The van der Waals surface area contributed by atoms with Gasteiger partial charge in [-0.15, -0.1) is 0 Å². The zero-order chi connectivity index (χ0) is 13.4. The number of pyridine rings is 1. The van der Waals surface area contributed by atoms with Gasteiger partial charge in [-0.05, 0) is 51.3 Å². The van der Waals surface area contributed by atoms with Gasteiger partial charge in [0.05, 0.1) is 22.5 Å². The molecule has 0 saturated heterocycles. The molecule has 0 atom stereocenters. The van der Waals surface area contributed by atoms with Gasteiger partial charge in [-0.25, -0.2) is 0 Å². The summed E-state index contributed by atoms with van der Waals surface area (Å²) in [6, 6.07) is 1.88. The van der Waals surface area contributed by atoms with Gasteiger partial charge < -0.3 is 9.72 Å². The molecule has 1 N–H and O–H groups in total. The van der Waals surface area contributed by atoms with Crippen molar-refractivity contribution in [3.8, 4) is 5.75 Å². The lowest BCUT2D eigenvalue weighted by Gasteiger charge is -2.12. The second-order valence-corrected chi connectivity index (χ2v) is 5.74. The van der Waals surface area contributed by atoms with Crippen LogP contribution in [0.25, 0.3) is 10.9 Å². The maximum Gasteiger partial charge on any atom is 0.196 e. The van der Waals surface area contributed by atoms with Crippen molar-refractivity contribution < 1.29 is 4.74 Å². The Morgan fingerprint density at radius 3 is 2.56 bits per heavy atom. The lowest BCUT2D eigenvalue weighted by molar-refractivity contribution is 0.417. The second-order valence-electron chi connectivity index (χ2n) is 4.03. The van der Waals surface area contributed by atoms with Gasteiger partial charge >= 0.3 is 0 Å². The molecule has 1 aromatic carbocycles. The van der Waals surface area contributed by atoms with Crippen LogP contribution in [0.4, 0.5) is 0 Å². The van der Waals surface area contributed by atoms with Crippen molar-refractivity contribution in [2.75, 3.05) is 7.11 Å². The molecule has 0 bridgehead atoms. The Hall–Kier alpha value is -0.810. The van der Waals surface area contributed by atoms with Gasteiger partial charge in [0.2, 0.25) is 0 Å². The van der Waals surface area contributed by atoms with Gasteiger partial charge in [-0.1, -0.05) is 6.92 Å². The van der Waals surface area contributed by atoms with E-state index in [2.05, 4.69) is 36.8 Å². The fraction of sp³-hybridized carbons (Fsp3) is 0.308. The molecule has 0 spiro atoms. The van der Waals surface area contributed by atoms with E-state index < -0.39 is 0 Å². The van der Waals surface area contributed by atoms with Crippen LogP contribution in [0.5, 0.6) is 5.75 Å². The van der Waals surface area contributed by atoms with Crippen molar-refractivity contribution in [3.63, 3.8) is 0 Å². The Balaban J connectivity index is 3.07. The lowest BCUT2D eigenvalue weighted by Crippen LogP contribution is -2.13. The van der Waals surface area contributed by atoms with Gasteiger partial charge in [-0.2, -0.15) is 0 Å². The van der Waals surface area contributed by atoms with Crippen molar-refractivity contribution in [2.45, 2.75) is 20.3 Å². The average Bonchev–Trinajstić information content (AvgIpc) is 2.31. The highest BCUT2D eigenvalue weighted by Gasteiger charge is 2.17. The number of aryl methyl sites for hydroxylation is 1. The minimum Gasteiger partial charge on any atom is -0.495 e. The normalized spacial score (nSPS) is 10.9. The summed E-state index contributed by atoms with van der Waals surface area (Å²) >= 11 is 6.89. The van der Waals surface area contributed by atoms with E-state index in [0.717, 1.165) is 25.7 Å². The molecule has 0 aliphatic heterocycles. The number of H-pyrrole nitrogens is 1. The molecule has 2 aromatic rings. The number of rotatable bonds is 2. The Labute approximate surface area is 122 Å². The van der Waals surface area contributed by atoms with Crippen LogP contribution in [-0.4, -0.2) is 12.1 Å². The molecule has 5 heteroatoms. The molecule has 1 heterocycles. The summed E-state index contributed by atoms with van der Waals surface area (Å²) in [4.78, 5) is 15.8. The zero-order valence-corrected chi connectivity index (χ0v) is 13.5. The number of ether oxygens (including phenoxy) is 1. The van der Waals surface area contributed by atoms with E-state index in [1.165, 1.54) is 0 Å². The topological polar surface area (TPSA) is 42.1 Å². The van der Waals surface area contributed by atoms with Gasteiger partial charge in [0.15, 0.2) is 5.43 Å². The maximum absolute atomic E-state index is 12.5. The van der Waals surface area contributed by atoms with Gasteiger partial charge in [-0.3, -0.25) is 4.79 Å². The fourth-order valence-electron chi connectivity index (χ4n) is 2.15. The molecule has 0 fully saturated rings. The van der Waals surface area contributed by atoms with E-state index in [4.69, 9.17) is 4.74 Å². The third-order valence-electron chi connectivity index (χ3n) is 3.01. The first-order valence-corrected chi connectivity index (χ1v) is 7.17. The number of hydrogen-bond donors (Lipinski definition) is 1. The van der Waals surface area contributed by atoms with E-state index in [9.17, 15) is 4.79 Å². The second kappa shape index (κ2) is 5.05. The minimum atomic E-state index is 0.0302. The molecule has 0 unspecified atom stereocenters. The third-order valence-corrected chi connectivity index (χ3v) is 4.22. The molecule has 0 saturated carbocycles. The Morgan fingerprint density at radius 1 is 1.33 bits per heavy atom. The van der Waals surface area contributed by atoms with E-state index >= 15 is 0 Å². The number of methoxy groups -OCH3 is 1. The van der Waals surface area contributed by atoms with Crippen LogP contribution < -0.4 is 10.2 Å². The molecule has 3 nitrogen and oxygen atoms in total. The highest BCUT2D eigenvalue weighted by atomic mass is 79.9. The Kier molecular flexibility index (Phi) is 3.82. The van der Waals surface area contributed by atoms with Crippen LogP contribution in [-0.2, 0) is 6.42 Å². The van der Waals surface area contributed by atoms with Crippen LogP contribution in [0.2, 0.25) is 0 Å². The van der Waals surface area contributed by atoms with Gasteiger partial charge in [0, 0.05) is 15.7 Å². The highest BCUT2D eigenvalue weighted by Crippen LogP contribution is 2.36. The first-order chi connectivity index (χ1) is 8.51. The first-order valence-electron chi connectivity index (χ1n) is 5.58. The van der Waals surface area contributed by atoms with E-state index in [1.54, 1.807) is 7.11 Å². The average molecular weight is 375 g/mol. The number of hydrogen-bond acceptors (Lipinski definition) is 2. The molecule has 0 aliphatic carbocycles. The summed E-state index contributed by atoms with van der Waals surface area (Å²) in [7, 11) is 1.57. The smallest absolute Gasteiger partial charge is 0.196 e. The summed E-state index contributed by atoms with van der Waals surface area (Å²) in [5.74, 6) is 0.573. The van der Waals surface area contributed by atoms with Crippen LogP contribution in [0, 0.1) is 6.92 Å². The number of nitrogens with one attached hydrogen (secondary N) is 1.